The van der Waals surface area contributed by atoms with Gasteiger partial charge in [0.15, 0.2) is 0 Å². The van der Waals surface area contributed by atoms with Crippen molar-refractivity contribution in [2.45, 2.75) is 47.5 Å². The average molecular weight is 215 g/mol. The van der Waals surface area contributed by atoms with Crippen molar-refractivity contribution in [2.75, 3.05) is 32.8 Å². The third-order valence-corrected chi connectivity index (χ3v) is 3.42. The lowest BCUT2D eigenvalue weighted by Crippen LogP contribution is -2.42. The summed E-state index contributed by atoms with van der Waals surface area (Å²) in [6, 6.07) is 0. The summed E-state index contributed by atoms with van der Waals surface area (Å²) in [5, 5.41) is 0. The van der Waals surface area contributed by atoms with E-state index in [1.54, 1.807) is 0 Å². The van der Waals surface area contributed by atoms with E-state index in [1.807, 2.05) is 13.8 Å². The predicted octanol–water partition coefficient (Wildman–Crippen LogP) is 3.17. The molecule has 0 aromatic heterocycles. The Morgan fingerprint density at radius 1 is 1.07 bits per heavy atom. The lowest BCUT2D eigenvalue weighted by atomic mass is 9.84. The van der Waals surface area contributed by atoms with Crippen LogP contribution in [0.4, 0.5) is 0 Å². The van der Waals surface area contributed by atoms with E-state index in [9.17, 15) is 0 Å². The smallest absolute Gasteiger partial charge is 0.0594 e. The van der Waals surface area contributed by atoms with E-state index in [4.69, 9.17) is 4.74 Å². The molecule has 0 radical (unpaired) electrons. The standard InChI is InChI=1S/C11H23NO.C2H6/c1-4-11(3,5-2)10-12-6-8-13-9-7-12;1-2/h4-10H2,1-3H3;1-2H3. The van der Waals surface area contributed by atoms with Gasteiger partial charge in [0.25, 0.3) is 0 Å². The molecule has 1 aliphatic rings. The first kappa shape index (κ1) is 14.9. The van der Waals surface area contributed by atoms with Crippen LogP contribution < -0.4 is 0 Å². The second-order valence-corrected chi connectivity index (χ2v) is 4.41. The van der Waals surface area contributed by atoms with Gasteiger partial charge in [0.2, 0.25) is 0 Å². The van der Waals surface area contributed by atoms with Gasteiger partial charge in [-0.1, -0.05) is 34.6 Å². The largest absolute Gasteiger partial charge is 0.379 e. The highest BCUT2D eigenvalue weighted by atomic mass is 16.5. The summed E-state index contributed by atoms with van der Waals surface area (Å²) in [5.74, 6) is 0. The number of morpholine rings is 1. The molecule has 15 heavy (non-hydrogen) atoms. The third-order valence-electron chi connectivity index (χ3n) is 3.42. The minimum Gasteiger partial charge on any atom is -0.379 e. The maximum absolute atomic E-state index is 5.34. The number of hydrogen-bond donors (Lipinski definition) is 0. The van der Waals surface area contributed by atoms with E-state index in [2.05, 4.69) is 25.7 Å². The molecule has 0 atom stereocenters. The van der Waals surface area contributed by atoms with Crippen LogP contribution in [0.3, 0.4) is 0 Å². The maximum Gasteiger partial charge on any atom is 0.0594 e. The monoisotopic (exact) mass is 215 g/mol. The molecule has 1 aliphatic heterocycles. The summed E-state index contributed by atoms with van der Waals surface area (Å²) in [6.45, 7) is 16.3. The van der Waals surface area contributed by atoms with Gasteiger partial charge in [-0.25, -0.2) is 0 Å². The Kier molecular flexibility index (Phi) is 8.07. The number of rotatable bonds is 4. The first-order chi connectivity index (χ1) is 7.20. The van der Waals surface area contributed by atoms with Crippen LogP contribution in [0.15, 0.2) is 0 Å². The summed E-state index contributed by atoms with van der Waals surface area (Å²) >= 11 is 0. The van der Waals surface area contributed by atoms with Gasteiger partial charge in [-0.05, 0) is 18.3 Å². The molecule has 0 aromatic rings. The molecule has 0 unspecified atom stereocenters. The van der Waals surface area contributed by atoms with Crippen LogP contribution in [0, 0.1) is 5.41 Å². The molecule has 0 N–H and O–H groups in total. The fourth-order valence-electron chi connectivity index (χ4n) is 1.77. The zero-order valence-electron chi connectivity index (χ0n) is 11.3. The summed E-state index contributed by atoms with van der Waals surface area (Å²) in [4.78, 5) is 2.54. The molecule has 2 nitrogen and oxygen atoms in total. The minimum atomic E-state index is 0.511. The summed E-state index contributed by atoms with van der Waals surface area (Å²) in [6.07, 6.45) is 2.56. The van der Waals surface area contributed by atoms with Crippen LogP contribution in [0.1, 0.15) is 47.5 Å². The molecule has 2 heteroatoms. The first-order valence-electron chi connectivity index (χ1n) is 6.50. The molecule has 0 aromatic carbocycles. The van der Waals surface area contributed by atoms with Crippen LogP contribution >= 0.6 is 0 Å². The molecular weight excluding hydrogens is 186 g/mol. The predicted molar refractivity (Wildman–Crippen MR) is 67.3 cm³/mol. The van der Waals surface area contributed by atoms with E-state index in [1.165, 1.54) is 19.4 Å². The Morgan fingerprint density at radius 3 is 1.93 bits per heavy atom. The Labute approximate surface area is 96.0 Å². The summed E-state index contributed by atoms with van der Waals surface area (Å²) < 4.78 is 5.34. The highest BCUT2D eigenvalue weighted by Gasteiger charge is 2.24. The highest BCUT2D eigenvalue weighted by Crippen LogP contribution is 2.26. The molecule has 92 valence electrons. The van der Waals surface area contributed by atoms with Gasteiger partial charge in [-0.15, -0.1) is 0 Å². The molecular formula is C13H29NO. The average Bonchev–Trinajstić information content (AvgIpc) is 2.33. The minimum absolute atomic E-state index is 0.511. The van der Waals surface area contributed by atoms with Gasteiger partial charge in [0.1, 0.15) is 0 Å². The van der Waals surface area contributed by atoms with E-state index < -0.39 is 0 Å². The van der Waals surface area contributed by atoms with Gasteiger partial charge in [-0.3, -0.25) is 4.90 Å². The molecule has 0 amide bonds. The van der Waals surface area contributed by atoms with Crippen molar-refractivity contribution >= 4 is 0 Å². The van der Waals surface area contributed by atoms with Gasteiger partial charge < -0.3 is 4.74 Å². The number of nitrogens with zero attached hydrogens (tertiary/aromatic N) is 1. The molecule has 1 fully saturated rings. The van der Waals surface area contributed by atoms with E-state index in [0.717, 1.165) is 26.3 Å². The fraction of sp³-hybridized carbons (Fsp3) is 1.00. The van der Waals surface area contributed by atoms with Gasteiger partial charge in [0.05, 0.1) is 13.2 Å². The first-order valence-corrected chi connectivity index (χ1v) is 6.50. The van der Waals surface area contributed by atoms with Crippen molar-refractivity contribution in [3.05, 3.63) is 0 Å². The second-order valence-electron chi connectivity index (χ2n) is 4.41. The van der Waals surface area contributed by atoms with Crippen molar-refractivity contribution in [3.63, 3.8) is 0 Å². The Morgan fingerprint density at radius 2 is 1.53 bits per heavy atom. The Balaban J connectivity index is 0.000000921. The molecule has 1 saturated heterocycles. The second kappa shape index (κ2) is 8.12. The van der Waals surface area contributed by atoms with Crippen LogP contribution in [-0.2, 0) is 4.74 Å². The zero-order valence-corrected chi connectivity index (χ0v) is 11.3. The van der Waals surface area contributed by atoms with Crippen LogP contribution in [0.2, 0.25) is 0 Å². The zero-order chi connectivity index (χ0) is 11.7. The van der Waals surface area contributed by atoms with Crippen LogP contribution in [0.25, 0.3) is 0 Å². The van der Waals surface area contributed by atoms with E-state index >= 15 is 0 Å². The number of ether oxygens (including phenoxy) is 1. The fourth-order valence-corrected chi connectivity index (χ4v) is 1.77. The topological polar surface area (TPSA) is 12.5 Å². The lowest BCUT2D eigenvalue weighted by molar-refractivity contribution is 0.0171. The summed E-state index contributed by atoms with van der Waals surface area (Å²) in [5.41, 5.74) is 0.511. The van der Waals surface area contributed by atoms with Gasteiger partial charge in [0, 0.05) is 19.6 Å². The van der Waals surface area contributed by atoms with Crippen molar-refractivity contribution in [3.8, 4) is 0 Å². The SMILES string of the molecule is CC.CCC(C)(CC)CN1CCOCC1. The molecule has 1 rings (SSSR count). The van der Waals surface area contributed by atoms with Crippen LogP contribution in [0.5, 0.6) is 0 Å². The quantitative estimate of drug-likeness (QED) is 0.714. The maximum atomic E-state index is 5.34. The molecule has 1 heterocycles. The van der Waals surface area contributed by atoms with Crippen molar-refractivity contribution in [1.82, 2.24) is 4.90 Å². The highest BCUT2D eigenvalue weighted by molar-refractivity contribution is 4.76. The van der Waals surface area contributed by atoms with E-state index in [-0.39, 0.29) is 0 Å². The molecule has 0 aliphatic carbocycles. The molecule has 0 bridgehead atoms. The number of hydrogen-bond acceptors (Lipinski definition) is 2. The summed E-state index contributed by atoms with van der Waals surface area (Å²) in [7, 11) is 0. The molecule has 0 saturated carbocycles. The van der Waals surface area contributed by atoms with Crippen molar-refractivity contribution in [2.24, 2.45) is 5.41 Å². The van der Waals surface area contributed by atoms with Crippen LogP contribution in [-0.4, -0.2) is 37.7 Å². The Bertz CT molecular complexity index is 137. The van der Waals surface area contributed by atoms with Gasteiger partial charge in [-0.2, -0.15) is 0 Å². The third kappa shape index (κ3) is 5.53. The lowest BCUT2D eigenvalue weighted by Gasteiger charge is -2.36. The van der Waals surface area contributed by atoms with E-state index in [0.29, 0.717) is 5.41 Å². The van der Waals surface area contributed by atoms with Gasteiger partial charge >= 0.3 is 0 Å². The molecule has 0 spiro atoms. The normalized spacial score (nSPS) is 18.2. The van der Waals surface area contributed by atoms with Crippen molar-refractivity contribution in [1.29, 1.82) is 0 Å². The Hall–Kier alpha value is -0.0800. The van der Waals surface area contributed by atoms with Crippen molar-refractivity contribution < 1.29 is 4.74 Å².